The van der Waals surface area contributed by atoms with E-state index < -0.39 is 0 Å². The number of alkyl halides is 1. The van der Waals surface area contributed by atoms with Crippen LogP contribution in [0, 0.1) is 0 Å². The number of para-hydroxylation sites is 1. The number of nitrogens with zero attached hydrogens (tertiary/aromatic N) is 3. The number of rotatable bonds is 4. The third-order valence-electron chi connectivity index (χ3n) is 4.11. The summed E-state index contributed by atoms with van der Waals surface area (Å²) in [5.74, 6) is 0.943. The quantitative estimate of drug-likeness (QED) is 0.617. The summed E-state index contributed by atoms with van der Waals surface area (Å²) in [4.78, 5) is 9.26. The third-order valence-corrected chi connectivity index (χ3v) is 4.31. The first-order chi connectivity index (χ1) is 10.2. The Hall–Kier alpha value is -1.61. The van der Waals surface area contributed by atoms with Crippen molar-refractivity contribution < 1.29 is 0 Å². The number of benzene rings is 1. The lowest BCUT2D eigenvalue weighted by atomic mass is 10.1. The fraction of sp³-hybridized carbons (Fsp3) is 0.412. The largest absolute Gasteiger partial charge is 0.323 e. The van der Waals surface area contributed by atoms with Crippen LogP contribution in [0.15, 0.2) is 30.5 Å². The molecule has 0 aliphatic carbocycles. The monoisotopic (exact) mass is 301 g/mol. The average Bonchev–Trinajstić information content (AvgIpc) is 2.89. The average molecular weight is 302 g/mol. The number of pyridine rings is 1. The molecule has 1 atom stereocenters. The molecule has 0 saturated carbocycles. The molecule has 0 aliphatic rings. The zero-order chi connectivity index (χ0) is 15.0. The molecular weight excluding hydrogens is 282 g/mol. The molecule has 1 aromatic carbocycles. The molecule has 3 rings (SSSR count). The van der Waals surface area contributed by atoms with Gasteiger partial charge in [-0.05, 0) is 25.8 Å². The number of hydrogen-bond donors (Lipinski definition) is 0. The molecule has 2 aromatic heterocycles. The van der Waals surface area contributed by atoms with Crippen LogP contribution in [0.1, 0.15) is 50.9 Å². The Kier molecular flexibility index (Phi) is 3.85. The van der Waals surface area contributed by atoms with Crippen molar-refractivity contribution in [1.29, 1.82) is 0 Å². The molecule has 0 saturated heterocycles. The van der Waals surface area contributed by atoms with E-state index >= 15 is 0 Å². The van der Waals surface area contributed by atoms with E-state index in [-0.39, 0.29) is 5.38 Å². The van der Waals surface area contributed by atoms with Crippen LogP contribution in [0.2, 0.25) is 0 Å². The van der Waals surface area contributed by atoms with Crippen LogP contribution in [0.4, 0.5) is 0 Å². The lowest BCUT2D eigenvalue weighted by molar-refractivity contribution is 0.467. The van der Waals surface area contributed by atoms with Crippen molar-refractivity contribution in [2.45, 2.75) is 45.0 Å². The highest BCUT2D eigenvalue weighted by Gasteiger charge is 2.21. The van der Waals surface area contributed by atoms with Crippen molar-refractivity contribution in [3.63, 3.8) is 0 Å². The molecule has 0 aliphatic heterocycles. The van der Waals surface area contributed by atoms with Gasteiger partial charge < -0.3 is 4.57 Å². The number of imidazole rings is 1. The Morgan fingerprint density at radius 1 is 1.14 bits per heavy atom. The van der Waals surface area contributed by atoms with E-state index in [0.29, 0.717) is 6.04 Å². The summed E-state index contributed by atoms with van der Waals surface area (Å²) in [7, 11) is 0. The Labute approximate surface area is 130 Å². The van der Waals surface area contributed by atoms with E-state index in [9.17, 15) is 0 Å². The Balaban J connectivity index is 2.44. The van der Waals surface area contributed by atoms with Gasteiger partial charge in [0.2, 0.25) is 0 Å². The molecule has 1 unspecified atom stereocenters. The number of fused-ring (bicyclic) bond motifs is 3. The van der Waals surface area contributed by atoms with E-state index in [1.165, 1.54) is 0 Å². The molecule has 0 N–H and O–H groups in total. The topological polar surface area (TPSA) is 30.7 Å². The maximum atomic E-state index is 6.39. The number of halogens is 1. The molecule has 0 amide bonds. The zero-order valence-corrected chi connectivity index (χ0v) is 13.4. The van der Waals surface area contributed by atoms with Gasteiger partial charge >= 0.3 is 0 Å². The van der Waals surface area contributed by atoms with Crippen molar-refractivity contribution in [2.24, 2.45) is 0 Å². The molecule has 0 fully saturated rings. The van der Waals surface area contributed by atoms with Gasteiger partial charge in [-0.15, -0.1) is 11.6 Å². The van der Waals surface area contributed by atoms with Gasteiger partial charge in [0.05, 0.1) is 22.6 Å². The smallest absolute Gasteiger partial charge is 0.128 e. The van der Waals surface area contributed by atoms with Gasteiger partial charge in [0.15, 0.2) is 0 Å². The Morgan fingerprint density at radius 3 is 2.52 bits per heavy atom. The number of hydrogen-bond acceptors (Lipinski definition) is 2. The first kappa shape index (κ1) is 14.3. The van der Waals surface area contributed by atoms with E-state index in [2.05, 4.69) is 35.5 Å². The van der Waals surface area contributed by atoms with Gasteiger partial charge in [-0.1, -0.05) is 32.0 Å². The van der Waals surface area contributed by atoms with Crippen molar-refractivity contribution in [2.75, 3.05) is 0 Å². The SMILES string of the molecule is CCC(CC)n1c(C(C)Cl)nc2cnc3ccccc3c21. The lowest BCUT2D eigenvalue weighted by Crippen LogP contribution is -2.11. The standard InChI is InChI=1S/C17H20ClN3/c1-4-12(5-2)21-16-13-8-6-7-9-14(13)19-10-15(16)20-17(21)11(3)18/h6-12H,4-5H2,1-3H3. The van der Waals surface area contributed by atoms with Gasteiger partial charge in [-0.2, -0.15) is 0 Å². The van der Waals surface area contributed by atoms with E-state index in [4.69, 9.17) is 16.6 Å². The third kappa shape index (κ3) is 2.30. The maximum absolute atomic E-state index is 6.39. The van der Waals surface area contributed by atoms with Crippen LogP contribution < -0.4 is 0 Å². The van der Waals surface area contributed by atoms with Crippen molar-refractivity contribution in [1.82, 2.24) is 14.5 Å². The van der Waals surface area contributed by atoms with Crippen LogP contribution >= 0.6 is 11.6 Å². The second kappa shape index (κ2) is 5.64. The van der Waals surface area contributed by atoms with Gasteiger partial charge in [0.25, 0.3) is 0 Å². The fourth-order valence-electron chi connectivity index (χ4n) is 3.05. The van der Waals surface area contributed by atoms with Crippen molar-refractivity contribution in [3.8, 4) is 0 Å². The summed E-state index contributed by atoms with van der Waals surface area (Å²) in [6.45, 7) is 6.41. The predicted molar refractivity (Wildman–Crippen MR) is 88.9 cm³/mol. The highest BCUT2D eigenvalue weighted by Crippen LogP contribution is 2.33. The summed E-state index contributed by atoms with van der Waals surface area (Å²) >= 11 is 6.39. The molecule has 2 heterocycles. The molecule has 4 heteroatoms. The minimum Gasteiger partial charge on any atom is -0.323 e. The fourth-order valence-corrected chi connectivity index (χ4v) is 3.20. The molecule has 110 valence electrons. The maximum Gasteiger partial charge on any atom is 0.128 e. The van der Waals surface area contributed by atoms with Crippen LogP contribution in [0.25, 0.3) is 21.9 Å². The van der Waals surface area contributed by atoms with Crippen LogP contribution in [-0.4, -0.2) is 14.5 Å². The second-order valence-corrected chi connectivity index (χ2v) is 6.09. The first-order valence-electron chi connectivity index (χ1n) is 7.57. The molecule has 0 radical (unpaired) electrons. The van der Waals surface area contributed by atoms with Crippen LogP contribution in [-0.2, 0) is 0 Å². The number of aromatic nitrogens is 3. The van der Waals surface area contributed by atoms with Crippen LogP contribution in [0.3, 0.4) is 0 Å². The van der Waals surface area contributed by atoms with E-state index in [0.717, 1.165) is 40.6 Å². The molecule has 0 spiro atoms. The normalized spacial score (nSPS) is 13.4. The first-order valence-corrected chi connectivity index (χ1v) is 8.00. The molecule has 21 heavy (non-hydrogen) atoms. The van der Waals surface area contributed by atoms with Gasteiger partial charge in [0.1, 0.15) is 11.3 Å². The lowest BCUT2D eigenvalue weighted by Gasteiger charge is -2.20. The molecule has 3 nitrogen and oxygen atoms in total. The van der Waals surface area contributed by atoms with E-state index in [1.54, 1.807) is 0 Å². The zero-order valence-electron chi connectivity index (χ0n) is 12.7. The van der Waals surface area contributed by atoms with Gasteiger partial charge in [0, 0.05) is 11.4 Å². The van der Waals surface area contributed by atoms with Crippen molar-refractivity contribution >= 4 is 33.5 Å². The second-order valence-electron chi connectivity index (χ2n) is 5.44. The summed E-state index contributed by atoms with van der Waals surface area (Å²) < 4.78 is 2.33. The minimum absolute atomic E-state index is 0.114. The van der Waals surface area contributed by atoms with E-state index in [1.807, 2.05) is 25.3 Å². The van der Waals surface area contributed by atoms with Crippen molar-refractivity contribution in [3.05, 3.63) is 36.3 Å². The highest BCUT2D eigenvalue weighted by atomic mass is 35.5. The summed E-state index contributed by atoms with van der Waals surface area (Å²) in [6.07, 6.45) is 3.99. The minimum atomic E-state index is -0.114. The van der Waals surface area contributed by atoms with Gasteiger partial charge in [-0.3, -0.25) is 4.98 Å². The Morgan fingerprint density at radius 2 is 1.86 bits per heavy atom. The highest BCUT2D eigenvalue weighted by molar-refractivity contribution is 6.20. The van der Waals surface area contributed by atoms with Gasteiger partial charge in [-0.25, -0.2) is 4.98 Å². The summed E-state index contributed by atoms with van der Waals surface area (Å²) in [6, 6.07) is 8.65. The molecular formula is C17H20ClN3. The predicted octanol–water partition coefficient (Wildman–Crippen LogP) is 5.25. The molecule has 0 bridgehead atoms. The summed E-state index contributed by atoms with van der Waals surface area (Å²) in [5.41, 5.74) is 3.10. The molecule has 3 aromatic rings. The summed E-state index contributed by atoms with van der Waals surface area (Å²) in [5, 5.41) is 1.04. The Bertz CT molecular complexity index is 772. The van der Waals surface area contributed by atoms with Crippen LogP contribution in [0.5, 0.6) is 0 Å².